The molecule has 0 amide bonds. The Kier molecular flexibility index (Phi) is 4.99. The van der Waals surface area contributed by atoms with Crippen LogP contribution in [0, 0.1) is 0 Å². The zero-order valence-corrected chi connectivity index (χ0v) is 13.0. The topological polar surface area (TPSA) is 62.3 Å². The highest BCUT2D eigenvalue weighted by Gasteiger charge is 2.19. The van der Waals surface area contributed by atoms with Crippen molar-refractivity contribution in [1.82, 2.24) is 10.3 Å². The van der Waals surface area contributed by atoms with Crippen molar-refractivity contribution in [2.45, 2.75) is 32.9 Å². The van der Waals surface area contributed by atoms with Crippen molar-refractivity contribution in [1.29, 1.82) is 0 Å². The molecule has 1 aromatic heterocycles. The number of anilines is 1. The molecule has 1 aliphatic heterocycles. The fraction of sp³-hybridized carbons (Fsp3) is 0.643. The van der Waals surface area contributed by atoms with E-state index in [2.05, 4.69) is 29.0 Å². The minimum Gasteiger partial charge on any atom is -0.356 e. The molecule has 6 heteroatoms. The van der Waals surface area contributed by atoms with Crippen LogP contribution in [-0.4, -0.2) is 44.0 Å². The van der Waals surface area contributed by atoms with Gasteiger partial charge in [0, 0.05) is 25.7 Å². The summed E-state index contributed by atoms with van der Waals surface area (Å²) < 4.78 is 23.3. The molecule has 0 atom stereocenters. The molecule has 5 nitrogen and oxygen atoms in total. The fourth-order valence-electron chi connectivity index (χ4n) is 2.22. The van der Waals surface area contributed by atoms with Gasteiger partial charge in [0.1, 0.15) is 5.82 Å². The van der Waals surface area contributed by atoms with E-state index in [0.717, 1.165) is 24.6 Å². The van der Waals surface area contributed by atoms with Gasteiger partial charge >= 0.3 is 0 Å². The van der Waals surface area contributed by atoms with Crippen molar-refractivity contribution < 1.29 is 8.42 Å². The number of aromatic nitrogens is 1. The lowest BCUT2D eigenvalue weighted by Crippen LogP contribution is -2.28. The van der Waals surface area contributed by atoms with Crippen LogP contribution < -0.4 is 10.2 Å². The van der Waals surface area contributed by atoms with E-state index in [1.807, 2.05) is 18.2 Å². The normalized spacial score (nSPS) is 19.1. The molecular formula is C14H23N3O2S. The summed E-state index contributed by atoms with van der Waals surface area (Å²) in [6.07, 6.45) is 0.679. The summed E-state index contributed by atoms with van der Waals surface area (Å²) in [4.78, 5) is 6.70. The molecule has 0 bridgehead atoms. The van der Waals surface area contributed by atoms with Crippen molar-refractivity contribution in [3.8, 4) is 0 Å². The lowest BCUT2D eigenvalue weighted by atomic mass is 10.3. The Balaban J connectivity index is 2.06. The van der Waals surface area contributed by atoms with Crippen LogP contribution in [0.2, 0.25) is 0 Å². The molecular weight excluding hydrogens is 274 g/mol. The second-order valence-electron chi connectivity index (χ2n) is 5.52. The maximum absolute atomic E-state index is 11.6. The van der Waals surface area contributed by atoms with Crippen LogP contribution in [0.5, 0.6) is 0 Å². The highest BCUT2D eigenvalue weighted by Crippen LogP contribution is 2.15. The van der Waals surface area contributed by atoms with E-state index in [4.69, 9.17) is 0 Å². The van der Waals surface area contributed by atoms with Crippen LogP contribution in [0.3, 0.4) is 0 Å². The van der Waals surface area contributed by atoms with Gasteiger partial charge in [-0.1, -0.05) is 19.9 Å². The number of hydrogen-bond donors (Lipinski definition) is 1. The van der Waals surface area contributed by atoms with Gasteiger partial charge in [-0.2, -0.15) is 0 Å². The summed E-state index contributed by atoms with van der Waals surface area (Å²) in [5, 5.41) is 3.34. The number of nitrogens with zero attached hydrogens (tertiary/aromatic N) is 2. The molecule has 0 saturated carbocycles. The lowest BCUT2D eigenvalue weighted by molar-refractivity contribution is 0.581. The van der Waals surface area contributed by atoms with Crippen molar-refractivity contribution in [3.05, 3.63) is 23.9 Å². The van der Waals surface area contributed by atoms with Gasteiger partial charge in [-0.3, -0.25) is 0 Å². The van der Waals surface area contributed by atoms with E-state index in [9.17, 15) is 8.42 Å². The number of rotatable bonds is 4. The van der Waals surface area contributed by atoms with Crippen molar-refractivity contribution in [3.63, 3.8) is 0 Å². The van der Waals surface area contributed by atoms with Crippen LogP contribution in [-0.2, 0) is 16.4 Å². The molecule has 2 rings (SSSR count). The van der Waals surface area contributed by atoms with Crippen LogP contribution in [0.1, 0.15) is 26.0 Å². The Morgan fingerprint density at radius 1 is 1.30 bits per heavy atom. The molecule has 112 valence electrons. The van der Waals surface area contributed by atoms with Gasteiger partial charge in [0.25, 0.3) is 0 Å². The Bertz CT molecular complexity index is 543. The van der Waals surface area contributed by atoms with Gasteiger partial charge in [-0.05, 0) is 18.6 Å². The minimum atomic E-state index is -2.87. The molecule has 2 heterocycles. The van der Waals surface area contributed by atoms with Gasteiger partial charge in [0.2, 0.25) is 0 Å². The van der Waals surface area contributed by atoms with Crippen LogP contribution in [0.4, 0.5) is 5.82 Å². The molecule has 20 heavy (non-hydrogen) atoms. The average Bonchev–Trinajstić information content (AvgIpc) is 2.58. The highest BCUT2D eigenvalue weighted by atomic mass is 32.2. The van der Waals surface area contributed by atoms with Gasteiger partial charge in [0.05, 0.1) is 17.2 Å². The number of hydrogen-bond acceptors (Lipinski definition) is 5. The molecule has 0 aromatic carbocycles. The first-order valence-electron chi connectivity index (χ1n) is 7.11. The Morgan fingerprint density at radius 3 is 2.85 bits per heavy atom. The smallest absolute Gasteiger partial charge is 0.152 e. The van der Waals surface area contributed by atoms with Crippen LogP contribution in [0.15, 0.2) is 18.2 Å². The van der Waals surface area contributed by atoms with E-state index in [1.165, 1.54) is 0 Å². The third kappa shape index (κ3) is 4.45. The van der Waals surface area contributed by atoms with Gasteiger partial charge < -0.3 is 10.2 Å². The Labute approximate surface area is 121 Å². The minimum absolute atomic E-state index is 0.225. The first-order chi connectivity index (χ1) is 9.46. The van der Waals surface area contributed by atoms with Gasteiger partial charge in [-0.25, -0.2) is 13.4 Å². The summed E-state index contributed by atoms with van der Waals surface area (Å²) in [6, 6.07) is 6.35. The molecule has 1 aliphatic rings. The molecule has 1 saturated heterocycles. The van der Waals surface area contributed by atoms with E-state index in [1.54, 1.807) is 0 Å². The predicted molar refractivity (Wildman–Crippen MR) is 81.7 cm³/mol. The standard InChI is InChI=1S/C14H23N3O2S/c1-12(2)15-11-13-5-3-6-14(16-13)17-7-4-9-20(18,19)10-8-17/h3,5-6,12,15H,4,7-11H2,1-2H3. The molecule has 1 N–H and O–H groups in total. The van der Waals surface area contributed by atoms with Gasteiger partial charge in [0.15, 0.2) is 9.84 Å². The Morgan fingerprint density at radius 2 is 2.10 bits per heavy atom. The third-order valence-corrected chi connectivity index (χ3v) is 5.08. The number of pyridine rings is 1. The van der Waals surface area contributed by atoms with Crippen LogP contribution >= 0.6 is 0 Å². The molecule has 1 fully saturated rings. The summed E-state index contributed by atoms with van der Waals surface area (Å²) in [6.45, 7) is 6.23. The van der Waals surface area contributed by atoms with E-state index >= 15 is 0 Å². The third-order valence-electron chi connectivity index (χ3n) is 3.36. The lowest BCUT2D eigenvalue weighted by Gasteiger charge is -2.21. The zero-order chi connectivity index (χ0) is 14.6. The first-order valence-corrected chi connectivity index (χ1v) is 8.93. The maximum Gasteiger partial charge on any atom is 0.152 e. The first kappa shape index (κ1) is 15.3. The largest absolute Gasteiger partial charge is 0.356 e. The predicted octanol–water partition coefficient (Wildman–Crippen LogP) is 1.20. The second-order valence-corrected chi connectivity index (χ2v) is 7.82. The number of nitrogens with one attached hydrogen (secondary N) is 1. The molecule has 0 unspecified atom stereocenters. The summed E-state index contributed by atoms with van der Waals surface area (Å²) in [7, 11) is -2.87. The average molecular weight is 297 g/mol. The Hall–Kier alpha value is -1.14. The van der Waals surface area contributed by atoms with Crippen molar-refractivity contribution >= 4 is 15.7 Å². The van der Waals surface area contributed by atoms with E-state index in [0.29, 0.717) is 19.0 Å². The van der Waals surface area contributed by atoms with Gasteiger partial charge in [-0.15, -0.1) is 0 Å². The SMILES string of the molecule is CC(C)NCc1cccc(N2CCCS(=O)(=O)CC2)n1. The molecule has 0 radical (unpaired) electrons. The number of sulfone groups is 1. The van der Waals surface area contributed by atoms with E-state index in [-0.39, 0.29) is 11.5 Å². The van der Waals surface area contributed by atoms with Crippen molar-refractivity contribution in [2.24, 2.45) is 0 Å². The molecule has 0 spiro atoms. The molecule has 0 aliphatic carbocycles. The quantitative estimate of drug-likeness (QED) is 0.905. The summed E-state index contributed by atoms with van der Waals surface area (Å²) in [5.74, 6) is 1.39. The molecule has 1 aromatic rings. The van der Waals surface area contributed by atoms with Crippen LogP contribution in [0.25, 0.3) is 0 Å². The monoisotopic (exact) mass is 297 g/mol. The van der Waals surface area contributed by atoms with Crippen molar-refractivity contribution in [2.75, 3.05) is 29.5 Å². The summed E-state index contributed by atoms with van der Waals surface area (Å²) >= 11 is 0. The fourth-order valence-corrected chi connectivity index (χ4v) is 3.49. The zero-order valence-electron chi connectivity index (χ0n) is 12.2. The second kappa shape index (κ2) is 6.54. The van der Waals surface area contributed by atoms with E-state index < -0.39 is 9.84 Å². The highest BCUT2D eigenvalue weighted by molar-refractivity contribution is 7.91. The summed E-state index contributed by atoms with van der Waals surface area (Å²) in [5.41, 5.74) is 0.989. The maximum atomic E-state index is 11.6.